The summed E-state index contributed by atoms with van der Waals surface area (Å²) in [4.78, 5) is 23.5. The van der Waals surface area contributed by atoms with Crippen molar-refractivity contribution in [3.05, 3.63) is 36.9 Å². The van der Waals surface area contributed by atoms with Crippen LogP contribution in [0.25, 0.3) is 16.9 Å². The van der Waals surface area contributed by atoms with Crippen LogP contribution in [-0.4, -0.2) is 25.3 Å². The fourth-order valence-corrected chi connectivity index (χ4v) is 1.87. The molecule has 0 radical (unpaired) electrons. The number of aromatic nitrogens is 4. The number of carbonyl (C=O) groups excluding carboxylic acids is 1. The van der Waals surface area contributed by atoms with E-state index < -0.39 is 0 Å². The lowest BCUT2D eigenvalue weighted by Gasteiger charge is -2.01. The highest BCUT2D eigenvalue weighted by Gasteiger charge is 2.05. The van der Waals surface area contributed by atoms with Gasteiger partial charge in [-0.25, -0.2) is 9.97 Å². The maximum atomic E-state index is 11.0. The summed E-state index contributed by atoms with van der Waals surface area (Å²) in [5.74, 6) is 0.737. The highest BCUT2D eigenvalue weighted by atomic mass is 16.1. The number of nitrogens with two attached hydrogens (primary N) is 1. The van der Waals surface area contributed by atoms with Crippen LogP contribution in [0, 0.1) is 0 Å². The van der Waals surface area contributed by atoms with Crippen LogP contribution >= 0.6 is 0 Å². The van der Waals surface area contributed by atoms with Gasteiger partial charge in [0.05, 0.1) is 24.3 Å². The predicted molar refractivity (Wildman–Crippen MR) is 74.9 cm³/mol. The summed E-state index contributed by atoms with van der Waals surface area (Å²) in [5.41, 5.74) is 7.86. The molecule has 0 aliphatic heterocycles. The molecule has 3 aromatic heterocycles. The van der Waals surface area contributed by atoms with Crippen molar-refractivity contribution in [3.63, 3.8) is 0 Å². The van der Waals surface area contributed by atoms with Crippen molar-refractivity contribution in [2.24, 2.45) is 0 Å². The van der Waals surface area contributed by atoms with Gasteiger partial charge in [-0.05, 0) is 12.1 Å². The third kappa shape index (κ3) is 2.28. The average Bonchev–Trinajstić information content (AvgIpc) is 2.79. The number of rotatable bonds is 2. The van der Waals surface area contributed by atoms with E-state index in [1.165, 1.54) is 13.1 Å². The van der Waals surface area contributed by atoms with Gasteiger partial charge in [0.15, 0.2) is 5.82 Å². The summed E-state index contributed by atoms with van der Waals surface area (Å²) >= 11 is 0. The molecular formula is C13H12N6O. The van der Waals surface area contributed by atoms with E-state index in [2.05, 4.69) is 20.3 Å². The van der Waals surface area contributed by atoms with Crippen LogP contribution in [-0.2, 0) is 4.79 Å². The highest BCUT2D eigenvalue weighted by Crippen LogP contribution is 2.18. The minimum absolute atomic E-state index is 0.155. The first kappa shape index (κ1) is 12.1. The van der Waals surface area contributed by atoms with E-state index in [4.69, 9.17) is 5.73 Å². The zero-order valence-corrected chi connectivity index (χ0v) is 10.7. The number of carbonyl (C=O) groups is 1. The Morgan fingerprint density at radius 2 is 2.10 bits per heavy atom. The summed E-state index contributed by atoms with van der Waals surface area (Å²) in [7, 11) is 0. The molecule has 0 bridgehead atoms. The normalized spacial score (nSPS) is 10.7. The second-order valence-corrected chi connectivity index (χ2v) is 4.32. The Morgan fingerprint density at radius 1 is 1.25 bits per heavy atom. The van der Waals surface area contributed by atoms with Gasteiger partial charge >= 0.3 is 0 Å². The van der Waals surface area contributed by atoms with Gasteiger partial charge in [0.2, 0.25) is 5.91 Å². The molecule has 3 heterocycles. The van der Waals surface area contributed by atoms with Crippen molar-refractivity contribution in [1.29, 1.82) is 0 Å². The van der Waals surface area contributed by atoms with Gasteiger partial charge in [-0.1, -0.05) is 0 Å². The number of nitrogen functional groups attached to an aromatic ring is 1. The fraction of sp³-hybridized carbons (Fsp3) is 0.0769. The number of hydrogen-bond donors (Lipinski definition) is 2. The number of pyridine rings is 1. The lowest BCUT2D eigenvalue weighted by molar-refractivity contribution is -0.114. The van der Waals surface area contributed by atoms with E-state index in [9.17, 15) is 4.79 Å². The Bertz CT molecular complexity index is 777. The van der Waals surface area contributed by atoms with Crippen LogP contribution in [0.4, 0.5) is 11.6 Å². The zero-order chi connectivity index (χ0) is 14.1. The lowest BCUT2D eigenvalue weighted by atomic mass is 10.2. The van der Waals surface area contributed by atoms with Crippen molar-refractivity contribution < 1.29 is 4.79 Å². The van der Waals surface area contributed by atoms with E-state index in [0.717, 1.165) is 16.9 Å². The van der Waals surface area contributed by atoms with Crippen LogP contribution < -0.4 is 11.1 Å². The summed E-state index contributed by atoms with van der Waals surface area (Å²) < 4.78 is 1.82. The standard InChI is InChI=1S/C13H12N6O/c1-8(20)17-12-7-19-6-9(2-3-13(19)18-12)10-4-16-11(14)5-15-10/h2-7H,1H3,(H2,14,16)(H,17,20). The van der Waals surface area contributed by atoms with Crippen LogP contribution in [0.15, 0.2) is 36.9 Å². The third-order valence-electron chi connectivity index (χ3n) is 2.72. The molecule has 20 heavy (non-hydrogen) atoms. The number of fused-ring (bicyclic) bond motifs is 1. The molecule has 0 spiro atoms. The minimum atomic E-state index is -0.155. The van der Waals surface area contributed by atoms with Crippen molar-refractivity contribution in [2.45, 2.75) is 6.92 Å². The Balaban J connectivity index is 2.01. The molecule has 3 rings (SSSR count). The number of imidazole rings is 1. The van der Waals surface area contributed by atoms with Crippen LogP contribution in [0.5, 0.6) is 0 Å². The van der Waals surface area contributed by atoms with Gasteiger partial charge < -0.3 is 15.5 Å². The van der Waals surface area contributed by atoms with E-state index in [1.807, 2.05) is 22.7 Å². The van der Waals surface area contributed by atoms with Gasteiger partial charge in [-0.15, -0.1) is 0 Å². The lowest BCUT2D eigenvalue weighted by Crippen LogP contribution is -2.05. The number of hydrogen-bond acceptors (Lipinski definition) is 5. The van der Waals surface area contributed by atoms with Gasteiger partial charge in [-0.3, -0.25) is 9.78 Å². The van der Waals surface area contributed by atoms with Crippen molar-refractivity contribution in [2.75, 3.05) is 11.1 Å². The summed E-state index contributed by atoms with van der Waals surface area (Å²) in [6, 6.07) is 3.73. The molecule has 7 heteroatoms. The molecule has 0 fully saturated rings. The smallest absolute Gasteiger partial charge is 0.222 e. The predicted octanol–water partition coefficient (Wildman–Crippen LogP) is 1.33. The van der Waals surface area contributed by atoms with Gasteiger partial charge in [0.1, 0.15) is 11.5 Å². The zero-order valence-electron chi connectivity index (χ0n) is 10.7. The Hall–Kier alpha value is -2.96. The Kier molecular flexibility index (Phi) is 2.79. The molecule has 100 valence electrons. The van der Waals surface area contributed by atoms with Gasteiger partial charge in [0, 0.05) is 18.7 Å². The topological polar surface area (TPSA) is 98.2 Å². The second-order valence-electron chi connectivity index (χ2n) is 4.32. The average molecular weight is 268 g/mol. The van der Waals surface area contributed by atoms with Gasteiger partial charge in [-0.2, -0.15) is 0 Å². The maximum Gasteiger partial charge on any atom is 0.222 e. The molecule has 3 aromatic rings. The van der Waals surface area contributed by atoms with Crippen molar-refractivity contribution in [1.82, 2.24) is 19.4 Å². The number of anilines is 2. The fourth-order valence-electron chi connectivity index (χ4n) is 1.87. The second kappa shape index (κ2) is 4.61. The molecule has 7 nitrogen and oxygen atoms in total. The van der Waals surface area contributed by atoms with E-state index >= 15 is 0 Å². The maximum absolute atomic E-state index is 11.0. The summed E-state index contributed by atoms with van der Waals surface area (Å²) in [6.07, 6.45) is 6.73. The molecular weight excluding hydrogens is 256 g/mol. The van der Waals surface area contributed by atoms with Crippen LogP contribution in [0.2, 0.25) is 0 Å². The van der Waals surface area contributed by atoms with Crippen molar-refractivity contribution >= 4 is 23.2 Å². The highest BCUT2D eigenvalue weighted by molar-refractivity contribution is 5.87. The molecule has 0 saturated heterocycles. The van der Waals surface area contributed by atoms with Crippen LogP contribution in [0.1, 0.15) is 6.92 Å². The molecule has 0 aliphatic rings. The molecule has 0 aliphatic carbocycles. The third-order valence-corrected chi connectivity index (χ3v) is 2.72. The minimum Gasteiger partial charge on any atom is -0.382 e. The van der Waals surface area contributed by atoms with E-state index in [-0.39, 0.29) is 5.91 Å². The SMILES string of the molecule is CC(=O)Nc1cn2cc(-c3cnc(N)cn3)ccc2n1. The van der Waals surface area contributed by atoms with Gasteiger partial charge in [0.25, 0.3) is 0 Å². The molecule has 3 N–H and O–H groups in total. The molecule has 0 unspecified atom stereocenters. The molecule has 0 aromatic carbocycles. The van der Waals surface area contributed by atoms with Crippen LogP contribution in [0.3, 0.4) is 0 Å². The first-order valence-electron chi connectivity index (χ1n) is 5.96. The summed E-state index contributed by atoms with van der Waals surface area (Å²) in [5, 5.41) is 2.65. The monoisotopic (exact) mass is 268 g/mol. The number of amides is 1. The first-order valence-corrected chi connectivity index (χ1v) is 5.96. The quantitative estimate of drug-likeness (QED) is 0.730. The molecule has 0 atom stereocenters. The Morgan fingerprint density at radius 3 is 2.80 bits per heavy atom. The van der Waals surface area contributed by atoms with Crippen molar-refractivity contribution in [3.8, 4) is 11.3 Å². The first-order chi connectivity index (χ1) is 9.61. The number of nitrogens with zero attached hydrogens (tertiary/aromatic N) is 4. The Labute approximate surface area is 114 Å². The molecule has 0 saturated carbocycles. The summed E-state index contributed by atoms with van der Waals surface area (Å²) in [6.45, 7) is 1.44. The van der Waals surface area contributed by atoms with E-state index in [1.54, 1.807) is 12.4 Å². The largest absolute Gasteiger partial charge is 0.382 e. The molecule has 1 amide bonds. The number of nitrogens with one attached hydrogen (secondary N) is 1. The van der Waals surface area contributed by atoms with E-state index in [0.29, 0.717) is 11.6 Å².